The quantitative estimate of drug-likeness (QED) is 0.799. The van der Waals surface area contributed by atoms with Crippen LogP contribution in [0.25, 0.3) is 0 Å². The molecule has 1 aromatic rings. The summed E-state index contributed by atoms with van der Waals surface area (Å²) in [7, 11) is 0. The van der Waals surface area contributed by atoms with Crippen molar-refractivity contribution in [2.45, 2.75) is 6.92 Å². The Morgan fingerprint density at radius 2 is 2.35 bits per heavy atom. The summed E-state index contributed by atoms with van der Waals surface area (Å²) in [5.41, 5.74) is 2.98. The normalized spacial score (nSPS) is 22.9. The number of carbonyl (C=O) groups is 1. The molecule has 88 valence electrons. The smallest absolute Gasteiger partial charge is 0.257 e. The topological polar surface area (TPSA) is 32.7 Å². The number of benzene rings is 1. The first kappa shape index (κ1) is 11.3. The van der Waals surface area contributed by atoms with Gasteiger partial charge in [-0.1, -0.05) is 15.9 Å². The van der Waals surface area contributed by atoms with Gasteiger partial charge in [0.25, 0.3) is 5.91 Å². The van der Waals surface area contributed by atoms with Crippen LogP contribution in [0.4, 0.5) is 5.69 Å². The van der Waals surface area contributed by atoms with Crippen molar-refractivity contribution in [2.24, 2.45) is 11.0 Å². The minimum Gasteiger partial charge on any atom is -0.272 e. The Balaban J connectivity index is 2.00. The predicted octanol–water partition coefficient (Wildman–Crippen LogP) is 2.82. The molecule has 0 aliphatic carbocycles. The van der Waals surface area contributed by atoms with Crippen LogP contribution in [-0.2, 0) is 4.79 Å². The molecule has 0 aromatic heterocycles. The van der Waals surface area contributed by atoms with Crippen molar-refractivity contribution >= 4 is 45.0 Å². The Hall–Kier alpha value is -0.810. The standard InChI is InChI=1S/C12H11BrN2OS/c1-7-4-8(13)2-3-11(7)15-12(16)9-5-17-6-10(9)14-15/h2-4,9H,5-6H2,1H3. The van der Waals surface area contributed by atoms with E-state index < -0.39 is 0 Å². The van der Waals surface area contributed by atoms with Gasteiger partial charge in [0.2, 0.25) is 0 Å². The molecule has 2 aliphatic rings. The largest absolute Gasteiger partial charge is 0.272 e. The fourth-order valence-electron chi connectivity index (χ4n) is 2.14. The third-order valence-electron chi connectivity index (χ3n) is 3.06. The summed E-state index contributed by atoms with van der Waals surface area (Å²) < 4.78 is 1.02. The first-order valence-electron chi connectivity index (χ1n) is 5.42. The molecular weight excluding hydrogens is 300 g/mol. The van der Waals surface area contributed by atoms with Crippen molar-refractivity contribution in [3.8, 4) is 0 Å². The Morgan fingerprint density at radius 1 is 1.53 bits per heavy atom. The van der Waals surface area contributed by atoms with Gasteiger partial charge >= 0.3 is 0 Å². The van der Waals surface area contributed by atoms with Gasteiger partial charge in [0, 0.05) is 16.0 Å². The molecule has 1 saturated heterocycles. The van der Waals surface area contributed by atoms with E-state index in [0.29, 0.717) is 0 Å². The van der Waals surface area contributed by atoms with Gasteiger partial charge in [0.1, 0.15) is 0 Å². The lowest BCUT2D eigenvalue weighted by atomic mass is 10.1. The number of amides is 1. The highest BCUT2D eigenvalue weighted by Crippen LogP contribution is 2.33. The lowest BCUT2D eigenvalue weighted by Crippen LogP contribution is -2.27. The van der Waals surface area contributed by atoms with Crippen molar-refractivity contribution in [3.63, 3.8) is 0 Å². The monoisotopic (exact) mass is 310 g/mol. The second-order valence-corrected chi connectivity index (χ2v) is 6.19. The van der Waals surface area contributed by atoms with Crippen molar-refractivity contribution in [3.05, 3.63) is 28.2 Å². The van der Waals surface area contributed by atoms with Crippen LogP contribution in [0.15, 0.2) is 27.8 Å². The summed E-state index contributed by atoms with van der Waals surface area (Å²) in [5.74, 6) is 1.91. The lowest BCUT2D eigenvalue weighted by Gasteiger charge is -2.16. The van der Waals surface area contributed by atoms with Crippen molar-refractivity contribution < 1.29 is 4.79 Å². The van der Waals surface area contributed by atoms with Gasteiger partial charge in [-0.3, -0.25) is 4.79 Å². The van der Waals surface area contributed by atoms with Gasteiger partial charge < -0.3 is 0 Å². The number of nitrogens with zero attached hydrogens (tertiary/aromatic N) is 2. The third-order valence-corrected chi connectivity index (χ3v) is 4.62. The SMILES string of the molecule is Cc1cc(Br)ccc1N1N=C2CSCC2C1=O. The Bertz CT molecular complexity index is 529. The van der Waals surface area contributed by atoms with Crippen molar-refractivity contribution in [2.75, 3.05) is 16.5 Å². The third kappa shape index (κ3) is 1.81. The van der Waals surface area contributed by atoms with E-state index in [1.54, 1.807) is 16.8 Å². The molecule has 0 bridgehead atoms. The average molecular weight is 311 g/mol. The number of rotatable bonds is 1. The molecule has 1 amide bonds. The molecule has 1 aromatic carbocycles. The number of aryl methyl sites for hydroxylation is 1. The van der Waals surface area contributed by atoms with Crippen LogP contribution in [0.5, 0.6) is 0 Å². The van der Waals surface area contributed by atoms with Gasteiger partial charge in [-0.05, 0) is 30.7 Å². The highest BCUT2D eigenvalue weighted by molar-refractivity contribution is 9.10. The molecule has 3 nitrogen and oxygen atoms in total. The number of hydrogen-bond acceptors (Lipinski definition) is 3. The van der Waals surface area contributed by atoms with E-state index >= 15 is 0 Å². The zero-order valence-corrected chi connectivity index (χ0v) is 11.7. The van der Waals surface area contributed by atoms with Crippen molar-refractivity contribution in [1.29, 1.82) is 0 Å². The average Bonchev–Trinajstić information content (AvgIpc) is 2.83. The Kier molecular flexibility index (Phi) is 2.75. The highest BCUT2D eigenvalue weighted by Gasteiger charge is 2.40. The van der Waals surface area contributed by atoms with Gasteiger partial charge in [-0.25, -0.2) is 0 Å². The molecule has 3 rings (SSSR count). The fourth-order valence-corrected chi connectivity index (χ4v) is 3.78. The lowest BCUT2D eigenvalue weighted by molar-refractivity contribution is -0.119. The maximum atomic E-state index is 12.2. The van der Waals surface area contributed by atoms with Gasteiger partial charge in [0.05, 0.1) is 17.3 Å². The Labute approximate surface area is 112 Å². The van der Waals surface area contributed by atoms with Crippen LogP contribution in [0.1, 0.15) is 5.56 Å². The van der Waals surface area contributed by atoms with Crippen molar-refractivity contribution in [1.82, 2.24) is 0 Å². The maximum absolute atomic E-state index is 12.2. The second-order valence-electron chi connectivity index (χ2n) is 4.24. The van der Waals surface area contributed by atoms with E-state index in [0.717, 1.165) is 32.9 Å². The van der Waals surface area contributed by atoms with Crippen LogP contribution >= 0.6 is 27.7 Å². The van der Waals surface area contributed by atoms with E-state index in [2.05, 4.69) is 21.0 Å². The van der Waals surface area contributed by atoms with Crippen LogP contribution in [-0.4, -0.2) is 23.1 Å². The van der Waals surface area contributed by atoms with E-state index in [4.69, 9.17) is 0 Å². The molecule has 1 unspecified atom stereocenters. The number of carbonyl (C=O) groups excluding carboxylic acids is 1. The zero-order valence-electron chi connectivity index (χ0n) is 9.31. The number of hydrogen-bond donors (Lipinski definition) is 0. The van der Waals surface area contributed by atoms with Gasteiger partial charge in [-0.2, -0.15) is 21.9 Å². The first-order chi connectivity index (χ1) is 8.16. The van der Waals surface area contributed by atoms with E-state index in [1.165, 1.54) is 0 Å². The highest BCUT2D eigenvalue weighted by atomic mass is 79.9. The summed E-state index contributed by atoms with van der Waals surface area (Å²) in [6, 6.07) is 5.89. The van der Waals surface area contributed by atoms with E-state index in [1.807, 2.05) is 25.1 Å². The van der Waals surface area contributed by atoms with Gasteiger partial charge in [-0.15, -0.1) is 0 Å². The molecule has 2 heterocycles. The summed E-state index contributed by atoms with van der Waals surface area (Å²) in [6.07, 6.45) is 0. The maximum Gasteiger partial charge on any atom is 0.257 e. The minimum atomic E-state index is 0.0167. The van der Waals surface area contributed by atoms with E-state index in [-0.39, 0.29) is 11.8 Å². The molecule has 17 heavy (non-hydrogen) atoms. The van der Waals surface area contributed by atoms with Crippen LogP contribution in [0.3, 0.4) is 0 Å². The molecule has 1 fully saturated rings. The van der Waals surface area contributed by atoms with E-state index in [9.17, 15) is 4.79 Å². The van der Waals surface area contributed by atoms with Gasteiger partial charge in [0.15, 0.2) is 0 Å². The molecule has 5 heteroatoms. The predicted molar refractivity (Wildman–Crippen MR) is 74.6 cm³/mol. The summed E-state index contributed by atoms with van der Waals surface area (Å²) in [5, 5.41) is 6.03. The summed E-state index contributed by atoms with van der Waals surface area (Å²) >= 11 is 5.21. The number of hydrazone groups is 1. The van der Waals surface area contributed by atoms with Crippen LogP contribution in [0.2, 0.25) is 0 Å². The molecule has 0 saturated carbocycles. The molecule has 2 aliphatic heterocycles. The molecule has 0 N–H and O–H groups in total. The molecule has 0 radical (unpaired) electrons. The number of anilines is 1. The number of fused-ring (bicyclic) bond motifs is 1. The van der Waals surface area contributed by atoms with Crippen LogP contribution in [0, 0.1) is 12.8 Å². The number of halogens is 1. The first-order valence-corrected chi connectivity index (χ1v) is 7.37. The minimum absolute atomic E-state index is 0.0167. The molecular formula is C12H11BrN2OS. The molecule has 1 atom stereocenters. The Morgan fingerprint density at radius 3 is 3.06 bits per heavy atom. The fraction of sp³-hybridized carbons (Fsp3) is 0.333. The summed E-state index contributed by atoms with van der Waals surface area (Å²) in [4.78, 5) is 12.2. The molecule has 0 spiro atoms. The van der Waals surface area contributed by atoms with Crippen LogP contribution < -0.4 is 5.01 Å². The second kappa shape index (κ2) is 4.14. The summed E-state index contributed by atoms with van der Waals surface area (Å²) in [6.45, 7) is 2.00. The zero-order chi connectivity index (χ0) is 12.0. The number of thioether (sulfide) groups is 1.